The third kappa shape index (κ3) is 4.00. The molecule has 1 aromatic carbocycles. The van der Waals surface area contributed by atoms with Crippen LogP contribution in [0.5, 0.6) is 5.75 Å². The molecule has 8 heteroatoms. The average Bonchev–Trinajstić information content (AvgIpc) is 2.70. The molecule has 1 aromatic heterocycles. The van der Waals surface area contributed by atoms with Crippen molar-refractivity contribution in [2.24, 2.45) is 11.8 Å². The molecule has 2 bridgehead atoms. The number of fused-ring (bicyclic) bond motifs is 4. The van der Waals surface area contributed by atoms with Crippen LogP contribution in [0.1, 0.15) is 24.5 Å². The first-order valence-corrected chi connectivity index (χ1v) is 13.8. The molecule has 28 heavy (non-hydrogen) atoms. The van der Waals surface area contributed by atoms with Crippen LogP contribution in [0.15, 0.2) is 43.1 Å². The Bertz CT molecular complexity index is 934. The van der Waals surface area contributed by atoms with Crippen molar-refractivity contribution in [1.29, 1.82) is 0 Å². The minimum absolute atomic E-state index is 0.0435. The molecule has 2 aromatic rings. The van der Waals surface area contributed by atoms with Crippen molar-refractivity contribution in [3.8, 4) is 5.75 Å². The molecule has 2 unspecified atom stereocenters. The molecule has 5 rings (SSSR count). The quantitative estimate of drug-likeness (QED) is 0.342. The van der Waals surface area contributed by atoms with E-state index >= 15 is 0 Å². The topological polar surface area (TPSA) is 71.9 Å². The number of benzene rings is 1. The molecule has 0 saturated carbocycles. The van der Waals surface area contributed by atoms with Gasteiger partial charge in [0.05, 0.1) is 34.7 Å². The lowest BCUT2D eigenvalue weighted by Crippen LogP contribution is -2.55. The van der Waals surface area contributed by atoms with Gasteiger partial charge in [-0.2, -0.15) is 0 Å². The number of ether oxygens (including phenoxy) is 1. The van der Waals surface area contributed by atoms with E-state index in [1.165, 1.54) is 22.0 Å². The van der Waals surface area contributed by atoms with Gasteiger partial charge in [-0.1, -0.05) is 6.08 Å². The number of pyridine rings is 1. The van der Waals surface area contributed by atoms with Crippen LogP contribution in [0.25, 0.3) is 10.9 Å². The van der Waals surface area contributed by atoms with E-state index < -0.39 is 11.3 Å². The molecule has 0 amide bonds. The van der Waals surface area contributed by atoms with Crippen molar-refractivity contribution in [3.05, 3.63) is 48.7 Å². The minimum Gasteiger partial charge on any atom is -0.497 e. The van der Waals surface area contributed by atoms with Gasteiger partial charge in [0.1, 0.15) is 11.9 Å². The van der Waals surface area contributed by atoms with Crippen LogP contribution in [0, 0.1) is 11.8 Å². The first-order chi connectivity index (χ1) is 13.4. The molecule has 3 aliphatic rings. The Labute approximate surface area is 177 Å². The summed E-state index contributed by atoms with van der Waals surface area (Å²) >= 11 is 1.51. The van der Waals surface area contributed by atoms with Gasteiger partial charge >= 0.3 is 5.24 Å². The normalized spacial score (nSPS) is 30.0. The lowest BCUT2D eigenvalue weighted by atomic mass is 9.73. The van der Waals surface area contributed by atoms with E-state index in [4.69, 9.17) is 9.26 Å². The number of nitrogens with zero attached hydrogens (tertiary/aromatic N) is 2. The SMILES string of the molecule is C=C[C@H]1CN2CC[C@H]1C[C@H]2[C@H](OP(=O)(O)I)c1ccnc2ccc(OC)cc12. The maximum Gasteiger partial charge on any atom is 0.386 e. The Morgan fingerprint density at radius 3 is 2.93 bits per heavy atom. The van der Waals surface area contributed by atoms with E-state index in [1.807, 2.05) is 30.3 Å². The summed E-state index contributed by atoms with van der Waals surface area (Å²) in [7, 11) is 1.62. The van der Waals surface area contributed by atoms with Crippen LogP contribution in [-0.2, 0) is 9.09 Å². The van der Waals surface area contributed by atoms with Crippen LogP contribution < -0.4 is 4.74 Å². The van der Waals surface area contributed by atoms with E-state index in [0.29, 0.717) is 11.8 Å². The summed E-state index contributed by atoms with van der Waals surface area (Å²) in [4.78, 5) is 16.9. The molecule has 3 saturated heterocycles. The predicted molar refractivity (Wildman–Crippen MR) is 118 cm³/mol. The van der Waals surface area contributed by atoms with Gasteiger partial charge in [0, 0.05) is 24.2 Å². The molecule has 0 aliphatic carbocycles. The molecular weight excluding hydrogens is 490 g/mol. The standard InChI is InChI=1S/C20H24IN2O4P/c1-3-13-12-23-9-7-14(13)10-19(23)20(27-28(21,24)25)16-6-8-22-18-5-4-15(26-2)11-17(16)18/h3-6,8,11,13-14,19-20H,1,7,9-10,12H2,2H3,(H,24,25)/t13-,14-,19-,20+/m0/s1. The fraction of sp³-hybridized carbons (Fsp3) is 0.450. The fourth-order valence-electron chi connectivity index (χ4n) is 4.69. The molecular formula is C20H24IN2O4P. The molecule has 4 heterocycles. The molecule has 6 nitrogen and oxygen atoms in total. The van der Waals surface area contributed by atoms with Crippen molar-refractivity contribution < 1.29 is 18.7 Å². The average molecular weight is 514 g/mol. The van der Waals surface area contributed by atoms with E-state index in [2.05, 4.69) is 16.5 Å². The highest BCUT2D eigenvalue weighted by molar-refractivity contribution is 14.2. The summed E-state index contributed by atoms with van der Waals surface area (Å²) in [5.74, 6) is 1.73. The second-order valence-electron chi connectivity index (χ2n) is 7.51. The Balaban J connectivity index is 1.79. The number of halogens is 1. The van der Waals surface area contributed by atoms with E-state index in [-0.39, 0.29) is 6.04 Å². The first kappa shape index (κ1) is 20.3. The molecule has 6 atom stereocenters. The van der Waals surface area contributed by atoms with Crippen molar-refractivity contribution in [2.45, 2.75) is 25.0 Å². The van der Waals surface area contributed by atoms with Crippen LogP contribution in [0.4, 0.5) is 0 Å². The van der Waals surface area contributed by atoms with Crippen LogP contribution in [-0.4, -0.2) is 41.0 Å². The van der Waals surface area contributed by atoms with Gasteiger partial charge in [0.2, 0.25) is 0 Å². The van der Waals surface area contributed by atoms with Gasteiger partial charge in [-0.25, -0.2) is 4.57 Å². The smallest absolute Gasteiger partial charge is 0.386 e. The highest BCUT2D eigenvalue weighted by Gasteiger charge is 2.44. The second-order valence-corrected chi connectivity index (χ2v) is 12.3. The lowest BCUT2D eigenvalue weighted by molar-refractivity contribution is -0.0365. The van der Waals surface area contributed by atoms with Gasteiger partial charge in [-0.05, 0) is 61.1 Å². The molecule has 0 spiro atoms. The molecule has 3 fully saturated rings. The van der Waals surface area contributed by atoms with Gasteiger partial charge in [0.25, 0.3) is 0 Å². The summed E-state index contributed by atoms with van der Waals surface area (Å²) in [6.07, 6.45) is 5.32. The summed E-state index contributed by atoms with van der Waals surface area (Å²) < 4.78 is 23.5. The Kier molecular flexibility index (Phi) is 5.82. The zero-order valence-corrected chi connectivity index (χ0v) is 18.8. The summed E-state index contributed by atoms with van der Waals surface area (Å²) in [5, 5.41) is -2.84. The maximum absolute atomic E-state index is 12.3. The van der Waals surface area contributed by atoms with Gasteiger partial charge in [-0.15, -0.1) is 6.58 Å². The Morgan fingerprint density at radius 2 is 2.29 bits per heavy atom. The number of rotatable bonds is 6. The van der Waals surface area contributed by atoms with Crippen molar-refractivity contribution in [2.75, 3.05) is 20.2 Å². The van der Waals surface area contributed by atoms with Crippen LogP contribution in [0.3, 0.4) is 0 Å². The zero-order valence-electron chi connectivity index (χ0n) is 15.7. The number of hydrogen-bond donors (Lipinski definition) is 1. The van der Waals surface area contributed by atoms with Crippen LogP contribution in [0.2, 0.25) is 0 Å². The van der Waals surface area contributed by atoms with E-state index in [0.717, 1.165) is 48.1 Å². The van der Waals surface area contributed by atoms with Crippen LogP contribution >= 0.6 is 27.3 Å². The second kappa shape index (κ2) is 8.03. The van der Waals surface area contributed by atoms with E-state index in [9.17, 15) is 9.46 Å². The number of piperidine rings is 3. The highest BCUT2D eigenvalue weighted by Crippen LogP contribution is 2.57. The highest BCUT2D eigenvalue weighted by atomic mass is 127. The molecule has 0 radical (unpaired) electrons. The number of aromatic nitrogens is 1. The monoisotopic (exact) mass is 514 g/mol. The van der Waals surface area contributed by atoms with E-state index in [1.54, 1.807) is 13.3 Å². The van der Waals surface area contributed by atoms with Crippen molar-refractivity contribution >= 4 is 38.2 Å². The largest absolute Gasteiger partial charge is 0.497 e. The number of methoxy groups -OCH3 is 1. The molecule has 1 N–H and O–H groups in total. The maximum atomic E-state index is 12.3. The van der Waals surface area contributed by atoms with Gasteiger partial charge in [0.15, 0.2) is 0 Å². The predicted octanol–water partition coefficient (Wildman–Crippen LogP) is 4.73. The zero-order chi connectivity index (χ0) is 19.9. The Morgan fingerprint density at radius 1 is 1.46 bits per heavy atom. The van der Waals surface area contributed by atoms with Crippen molar-refractivity contribution in [3.63, 3.8) is 0 Å². The number of hydrogen-bond acceptors (Lipinski definition) is 5. The Hall–Kier alpha value is -0.990. The minimum atomic E-state index is -3.72. The van der Waals surface area contributed by atoms with Crippen molar-refractivity contribution in [1.82, 2.24) is 9.88 Å². The van der Waals surface area contributed by atoms with Gasteiger partial charge in [-0.3, -0.25) is 14.4 Å². The third-order valence-corrected chi connectivity index (χ3v) is 7.21. The molecule has 3 aliphatic heterocycles. The first-order valence-electron chi connectivity index (χ1n) is 9.39. The molecule has 150 valence electrons. The third-order valence-electron chi connectivity index (χ3n) is 6.04. The lowest BCUT2D eigenvalue weighted by Gasteiger charge is -2.51. The summed E-state index contributed by atoms with van der Waals surface area (Å²) in [6.45, 7) is 5.88. The summed E-state index contributed by atoms with van der Waals surface area (Å²) in [6, 6.07) is 7.63. The fourth-order valence-corrected chi connectivity index (χ4v) is 5.96. The summed E-state index contributed by atoms with van der Waals surface area (Å²) in [5.41, 5.74) is 1.69. The van der Waals surface area contributed by atoms with Gasteiger partial charge < -0.3 is 9.63 Å².